The normalized spacial score (nSPS) is 10.9. The number of hydrogen-bond acceptors (Lipinski definition) is 2. The Hall–Kier alpha value is -0.480. The van der Waals surface area contributed by atoms with Crippen LogP contribution in [0.5, 0.6) is 0 Å². The number of nitrogens with two attached hydrogens (primary N) is 2. The van der Waals surface area contributed by atoms with Crippen LogP contribution in [0, 0.1) is 0 Å². The minimum Gasteiger partial charge on any atom is -0.369 e. The summed E-state index contributed by atoms with van der Waals surface area (Å²) in [6.07, 6.45) is 0.527. The minimum absolute atomic E-state index is 0. The van der Waals surface area contributed by atoms with Gasteiger partial charge in [-0.05, 0) is 24.6 Å². The lowest BCUT2D eigenvalue weighted by Gasteiger charge is -2.13. The van der Waals surface area contributed by atoms with Gasteiger partial charge in [0, 0.05) is 5.02 Å². The maximum absolute atomic E-state index is 11.2. The molecule has 1 atom stereocenters. The first-order valence-electron chi connectivity index (χ1n) is 4.40. The Balaban J connectivity index is 0. The van der Waals surface area contributed by atoms with Gasteiger partial charge in [-0.25, -0.2) is 0 Å². The van der Waals surface area contributed by atoms with E-state index in [4.69, 9.17) is 23.1 Å². The molecule has 0 saturated carbocycles. The van der Waals surface area contributed by atoms with Crippen molar-refractivity contribution in [1.29, 1.82) is 0 Å². The molecule has 0 aliphatic heterocycles. The molecular formula is C10H15Cl3N2O. The van der Waals surface area contributed by atoms with E-state index in [0.717, 1.165) is 5.56 Å². The summed E-state index contributed by atoms with van der Waals surface area (Å²) < 4.78 is 0. The second-order valence-electron chi connectivity index (χ2n) is 3.05. The summed E-state index contributed by atoms with van der Waals surface area (Å²) >= 11 is 5.95. The van der Waals surface area contributed by atoms with Crippen LogP contribution in [0.2, 0.25) is 5.02 Å². The summed E-state index contributed by atoms with van der Waals surface area (Å²) in [5, 5.41) is 0.560. The van der Waals surface area contributed by atoms with Crippen LogP contribution in [0.3, 0.4) is 0 Å². The van der Waals surface area contributed by atoms with Crippen LogP contribution in [0.15, 0.2) is 24.3 Å². The van der Waals surface area contributed by atoms with Gasteiger partial charge in [-0.2, -0.15) is 0 Å². The van der Waals surface area contributed by atoms with Crippen molar-refractivity contribution in [1.82, 2.24) is 0 Å². The average molecular weight is 286 g/mol. The van der Waals surface area contributed by atoms with Crippen LogP contribution in [0.25, 0.3) is 0 Å². The highest BCUT2D eigenvalue weighted by atomic mass is 35.5. The van der Waals surface area contributed by atoms with Crippen molar-refractivity contribution in [2.24, 2.45) is 11.5 Å². The summed E-state index contributed by atoms with van der Waals surface area (Å²) in [5.74, 6) is -0.766. The van der Waals surface area contributed by atoms with E-state index in [1.165, 1.54) is 0 Å². The fourth-order valence-corrected chi connectivity index (χ4v) is 1.64. The maximum Gasteiger partial charge on any atom is 0.225 e. The molecule has 1 unspecified atom stereocenters. The Kier molecular flexibility index (Phi) is 9.67. The number of rotatable bonds is 4. The van der Waals surface area contributed by atoms with E-state index in [1.54, 1.807) is 12.1 Å². The van der Waals surface area contributed by atoms with Gasteiger partial charge in [0.25, 0.3) is 0 Å². The molecule has 92 valence electrons. The quantitative estimate of drug-likeness (QED) is 0.889. The zero-order valence-corrected chi connectivity index (χ0v) is 10.9. The molecule has 0 aliphatic carbocycles. The molecule has 1 aromatic carbocycles. The van der Waals surface area contributed by atoms with Crippen molar-refractivity contribution in [3.05, 3.63) is 34.9 Å². The molecule has 0 radical (unpaired) electrons. The monoisotopic (exact) mass is 284 g/mol. The van der Waals surface area contributed by atoms with E-state index < -0.39 is 0 Å². The number of hydrogen-bond donors (Lipinski definition) is 2. The third kappa shape index (κ3) is 4.58. The lowest BCUT2D eigenvalue weighted by molar-refractivity contribution is -0.119. The van der Waals surface area contributed by atoms with Gasteiger partial charge in [0.2, 0.25) is 5.91 Å². The van der Waals surface area contributed by atoms with Crippen molar-refractivity contribution in [3.8, 4) is 0 Å². The molecule has 0 spiro atoms. The molecule has 1 aromatic rings. The van der Waals surface area contributed by atoms with E-state index in [1.807, 2.05) is 12.1 Å². The Bertz CT molecular complexity index is 334. The smallest absolute Gasteiger partial charge is 0.225 e. The zero-order chi connectivity index (χ0) is 10.6. The number of amides is 1. The molecule has 1 rings (SSSR count). The van der Waals surface area contributed by atoms with Gasteiger partial charge >= 0.3 is 0 Å². The molecule has 16 heavy (non-hydrogen) atoms. The van der Waals surface area contributed by atoms with E-state index in [9.17, 15) is 4.79 Å². The number of carbonyl (C=O) groups is 1. The van der Waals surface area contributed by atoms with Crippen LogP contribution < -0.4 is 11.5 Å². The second-order valence-corrected chi connectivity index (χ2v) is 3.46. The van der Waals surface area contributed by atoms with Gasteiger partial charge in [0.1, 0.15) is 0 Å². The van der Waals surface area contributed by atoms with E-state index in [0.29, 0.717) is 18.0 Å². The largest absolute Gasteiger partial charge is 0.369 e. The molecule has 0 heterocycles. The summed E-state index contributed by atoms with van der Waals surface area (Å²) in [6.45, 7) is 0.416. The fraction of sp³-hybridized carbons (Fsp3) is 0.300. The number of halogens is 3. The van der Waals surface area contributed by atoms with Gasteiger partial charge < -0.3 is 11.5 Å². The molecule has 3 nitrogen and oxygen atoms in total. The SMILES string of the molecule is Cl.Cl.NCCC(C(N)=O)c1ccccc1Cl. The Labute approximate surface area is 112 Å². The molecule has 0 aliphatic rings. The molecule has 0 fully saturated rings. The van der Waals surface area contributed by atoms with E-state index >= 15 is 0 Å². The van der Waals surface area contributed by atoms with Gasteiger partial charge in [-0.15, -0.1) is 24.8 Å². The Morgan fingerprint density at radius 3 is 2.31 bits per heavy atom. The lowest BCUT2D eigenvalue weighted by Crippen LogP contribution is -2.24. The van der Waals surface area contributed by atoms with Gasteiger partial charge in [-0.1, -0.05) is 29.8 Å². The fourth-order valence-electron chi connectivity index (χ4n) is 1.38. The van der Waals surface area contributed by atoms with Crippen molar-refractivity contribution in [2.45, 2.75) is 12.3 Å². The molecule has 0 bridgehead atoms. The van der Waals surface area contributed by atoms with Crippen LogP contribution in [-0.2, 0) is 4.79 Å². The van der Waals surface area contributed by atoms with E-state index in [2.05, 4.69) is 0 Å². The highest BCUT2D eigenvalue weighted by Crippen LogP contribution is 2.26. The Morgan fingerprint density at radius 2 is 1.88 bits per heavy atom. The first kappa shape index (κ1) is 17.9. The van der Waals surface area contributed by atoms with Crippen molar-refractivity contribution < 1.29 is 4.79 Å². The maximum atomic E-state index is 11.2. The first-order valence-corrected chi connectivity index (χ1v) is 4.78. The van der Waals surface area contributed by atoms with Gasteiger partial charge in [-0.3, -0.25) is 4.79 Å². The Morgan fingerprint density at radius 1 is 1.31 bits per heavy atom. The predicted molar refractivity (Wildman–Crippen MR) is 71.6 cm³/mol. The van der Waals surface area contributed by atoms with Crippen LogP contribution in [-0.4, -0.2) is 12.5 Å². The topological polar surface area (TPSA) is 69.1 Å². The minimum atomic E-state index is -0.386. The highest BCUT2D eigenvalue weighted by Gasteiger charge is 2.18. The summed E-state index contributed by atoms with van der Waals surface area (Å²) in [6, 6.07) is 7.18. The van der Waals surface area contributed by atoms with E-state index in [-0.39, 0.29) is 36.6 Å². The molecule has 1 amide bonds. The van der Waals surface area contributed by atoms with Crippen molar-refractivity contribution >= 4 is 42.3 Å². The average Bonchev–Trinajstić information content (AvgIpc) is 2.15. The molecule has 6 heteroatoms. The molecular weight excluding hydrogens is 270 g/mol. The number of primary amides is 1. The van der Waals surface area contributed by atoms with Gasteiger partial charge in [0.05, 0.1) is 5.92 Å². The number of carbonyl (C=O) groups excluding carboxylic acids is 1. The number of benzene rings is 1. The standard InChI is InChI=1S/C10H13ClN2O.2ClH/c11-9-4-2-1-3-7(9)8(5-6-12)10(13)14;;/h1-4,8H,5-6,12H2,(H2,13,14);2*1H. The van der Waals surface area contributed by atoms with Gasteiger partial charge in [0.15, 0.2) is 0 Å². The third-order valence-electron chi connectivity index (χ3n) is 2.08. The van der Waals surface area contributed by atoms with Crippen LogP contribution >= 0.6 is 36.4 Å². The molecule has 0 aromatic heterocycles. The summed E-state index contributed by atoms with van der Waals surface area (Å²) in [7, 11) is 0. The second kappa shape index (κ2) is 8.65. The van der Waals surface area contributed by atoms with Crippen molar-refractivity contribution in [2.75, 3.05) is 6.54 Å². The van der Waals surface area contributed by atoms with Crippen LogP contribution in [0.4, 0.5) is 0 Å². The third-order valence-corrected chi connectivity index (χ3v) is 2.42. The highest BCUT2D eigenvalue weighted by molar-refractivity contribution is 6.31. The molecule has 4 N–H and O–H groups in total. The lowest BCUT2D eigenvalue weighted by atomic mass is 9.95. The van der Waals surface area contributed by atoms with Crippen molar-refractivity contribution in [3.63, 3.8) is 0 Å². The van der Waals surface area contributed by atoms with Crippen LogP contribution in [0.1, 0.15) is 17.9 Å². The predicted octanol–water partition coefficient (Wildman–Crippen LogP) is 2.10. The zero-order valence-electron chi connectivity index (χ0n) is 8.56. The molecule has 0 saturated heterocycles. The first-order chi connectivity index (χ1) is 6.66. The summed E-state index contributed by atoms with van der Waals surface area (Å²) in [4.78, 5) is 11.2. The summed E-state index contributed by atoms with van der Waals surface area (Å²) in [5.41, 5.74) is 11.4.